The van der Waals surface area contributed by atoms with Crippen molar-refractivity contribution in [3.63, 3.8) is 0 Å². The van der Waals surface area contributed by atoms with Crippen molar-refractivity contribution in [2.24, 2.45) is 0 Å². The standard InChI is InChI=1S/C10H20N2O5S/c1-17-9(13)12-18(15,16)11-8-10(14)6-4-2-3-5-7-10/h11,14H,2-8H2,1H3,(H,12,13). The van der Waals surface area contributed by atoms with E-state index in [1.54, 1.807) is 4.72 Å². The van der Waals surface area contributed by atoms with Crippen LogP contribution in [0.1, 0.15) is 38.5 Å². The highest BCUT2D eigenvalue weighted by molar-refractivity contribution is 7.88. The summed E-state index contributed by atoms with van der Waals surface area (Å²) in [5.74, 6) is 0. The molecular formula is C10H20N2O5S. The predicted octanol–water partition coefficient (Wildman–Crippen LogP) is 0.262. The first kappa shape index (κ1) is 15.2. The van der Waals surface area contributed by atoms with Crippen LogP contribution in [0.15, 0.2) is 0 Å². The van der Waals surface area contributed by atoms with Crippen molar-refractivity contribution in [3.05, 3.63) is 0 Å². The van der Waals surface area contributed by atoms with Gasteiger partial charge >= 0.3 is 16.3 Å². The zero-order chi connectivity index (χ0) is 13.6. The van der Waals surface area contributed by atoms with Crippen molar-refractivity contribution in [1.29, 1.82) is 0 Å². The van der Waals surface area contributed by atoms with Gasteiger partial charge in [-0.05, 0) is 12.8 Å². The summed E-state index contributed by atoms with van der Waals surface area (Å²) in [5, 5.41) is 10.2. The highest BCUT2D eigenvalue weighted by Gasteiger charge is 2.29. The minimum atomic E-state index is -3.98. The summed E-state index contributed by atoms with van der Waals surface area (Å²) in [7, 11) is -2.90. The number of carbonyl (C=O) groups is 1. The molecule has 0 aromatic carbocycles. The molecule has 0 aromatic heterocycles. The van der Waals surface area contributed by atoms with Gasteiger partial charge < -0.3 is 9.84 Å². The molecule has 1 amide bonds. The fourth-order valence-electron chi connectivity index (χ4n) is 1.98. The van der Waals surface area contributed by atoms with Crippen LogP contribution < -0.4 is 9.44 Å². The lowest BCUT2D eigenvalue weighted by atomic mass is 9.95. The molecule has 0 saturated heterocycles. The smallest absolute Gasteiger partial charge is 0.421 e. The Morgan fingerprint density at radius 3 is 2.33 bits per heavy atom. The molecule has 0 aromatic rings. The minimum Gasteiger partial charge on any atom is -0.452 e. The van der Waals surface area contributed by atoms with Crippen LogP contribution in [0.4, 0.5) is 4.79 Å². The topological polar surface area (TPSA) is 105 Å². The van der Waals surface area contributed by atoms with Gasteiger partial charge in [-0.3, -0.25) is 0 Å². The average molecular weight is 280 g/mol. The summed E-state index contributed by atoms with van der Waals surface area (Å²) in [4.78, 5) is 10.8. The lowest BCUT2D eigenvalue weighted by Crippen LogP contribution is -2.47. The summed E-state index contributed by atoms with van der Waals surface area (Å²) in [5.41, 5.74) is -1.03. The molecule has 0 atom stereocenters. The molecule has 0 heterocycles. The van der Waals surface area contributed by atoms with Gasteiger partial charge in [0.05, 0.1) is 12.7 Å². The van der Waals surface area contributed by atoms with Crippen LogP contribution in [0, 0.1) is 0 Å². The number of hydrogen-bond acceptors (Lipinski definition) is 5. The Kier molecular flexibility index (Phi) is 5.36. The third-order valence-corrected chi connectivity index (χ3v) is 3.99. The van der Waals surface area contributed by atoms with Gasteiger partial charge in [-0.15, -0.1) is 0 Å². The van der Waals surface area contributed by atoms with Crippen molar-refractivity contribution in [2.75, 3.05) is 13.7 Å². The monoisotopic (exact) mass is 280 g/mol. The Labute approximate surface area is 107 Å². The quantitative estimate of drug-likeness (QED) is 0.641. The summed E-state index contributed by atoms with van der Waals surface area (Å²) < 4.78 is 30.9. The first-order valence-electron chi connectivity index (χ1n) is 5.95. The van der Waals surface area contributed by atoms with Crippen LogP contribution in [-0.2, 0) is 14.9 Å². The maximum absolute atomic E-state index is 11.4. The molecule has 1 saturated carbocycles. The lowest BCUT2D eigenvalue weighted by molar-refractivity contribution is 0.0302. The predicted molar refractivity (Wildman–Crippen MR) is 65.1 cm³/mol. The molecule has 0 bridgehead atoms. The summed E-state index contributed by atoms with van der Waals surface area (Å²) in [6, 6.07) is 0. The Balaban J connectivity index is 2.49. The average Bonchev–Trinajstić information content (AvgIpc) is 2.52. The Morgan fingerprint density at radius 1 is 1.28 bits per heavy atom. The van der Waals surface area contributed by atoms with E-state index >= 15 is 0 Å². The molecule has 106 valence electrons. The van der Waals surface area contributed by atoms with Crippen LogP contribution >= 0.6 is 0 Å². The molecule has 0 unspecified atom stereocenters. The van der Waals surface area contributed by atoms with Gasteiger partial charge in [0.2, 0.25) is 0 Å². The molecule has 3 N–H and O–H groups in total. The van der Waals surface area contributed by atoms with Gasteiger partial charge in [0, 0.05) is 6.54 Å². The molecule has 1 aliphatic carbocycles. The van der Waals surface area contributed by atoms with Crippen LogP contribution in [-0.4, -0.2) is 38.9 Å². The van der Waals surface area contributed by atoms with Crippen LogP contribution in [0.25, 0.3) is 0 Å². The second kappa shape index (κ2) is 6.35. The molecule has 1 rings (SSSR count). The van der Waals surface area contributed by atoms with E-state index in [4.69, 9.17) is 0 Å². The van der Waals surface area contributed by atoms with E-state index in [1.807, 2.05) is 0 Å². The number of hydrogen-bond donors (Lipinski definition) is 3. The Bertz CT molecular complexity index is 374. The van der Waals surface area contributed by atoms with Gasteiger partial charge in [0.25, 0.3) is 0 Å². The van der Waals surface area contributed by atoms with Crippen LogP contribution in [0.5, 0.6) is 0 Å². The largest absolute Gasteiger partial charge is 0.452 e. The van der Waals surface area contributed by atoms with Crippen molar-refractivity contribution >= 4 is 16.3 Å². The zero-order valence-corrected chi connectivity index (χ0v) is 11.3. The molecule has 1 aliphatic rings. The molecule has 0 spiro atoms. The highest BCUT2D eigenvalue weighted by Crippen LogP contribution is 2.26. The van der Waals surface area contributed by atoms with Gasteiger partial charge in [0.1, 0.15) is 0 Å². The zero-order valence-electron chi connectivity index (χ0n) is 10.4. The van der Waals surface area contributed by atoms with Gasteiger partial charge in [-0.2, -0.15) is 13.1 Å². The number of rotatable bonds is 4. The number of amides is 1. The van der Waals surface area contributed by atoms with Crippen LogP contribution in [0.2, 0.25) is 0 Å². The lowest BCUT2D eigenvalue weighted by Gasteiger charge is -2.26. The molecule has 8 heteroatoms. The third-order valence-electron chi connectivity index (χ3n) is 3.03. The molecular weight excluding hydrogens is 260 g/mol. The maximum Gasteiger partial charge on any atom is 0.421 e. The Hall–Kier alpha value is -0.860. The normalized spacial score (nSPS) is 19.9. The van der Waals surface area contributed by atoms with Gasteiger partial charge in [0.15, 0.2) is 0 Å². The highest BCUT2D eigenvalue weighted by atomic mass is 32.2. The van der Waals surface area contributed by atoms with Crippen molar-refractivity contribution < 1.29 is 23.1 Å². The van der Waals surface area contributed by atoms with E-state index in [2.05, 4.69) is 9.46 Å². The van der Waals surface area contributed by atoms with E-state index in [9.17, 15) is 18.3 Å². The molecule has 0 radical (unpaired) electrons. The molecule has 7 nitrogen and oxygen atoms in total. The van der Waals surface area contributed by atoms with E-state index in [1.165, 1.54) is 0 Å². The fourth-order valence-corrected chi connectivity index (χ4v) is 2.81. The number of carbonyl (C=O) groups excluding carboxylic acids is 1. The minimum absolute atomic E-state index is 0.0979. The van der Waals surface area contributed by atoms with Crippen molar-refractivity contribution in [1.82, 2.24) is 9.44 Å². The van der Waals surface area contributed by atoms with Crippen molar-refractivity contribution in [2.45, 2.75) is 44.1 Å². The van der Waals surface area contributed by atoms with E-state index < -0.39 is 21.9 Å². The number of methoxy groups -OCH3 is 1. The fraction of sp³-hybridized carbons (Fsp3) is 0.900. The first-order chi connectivity index (χ1) is 8.37. The number of ether oxygens (including phenoxy) is 1. The van der Waals surface area contributed by atoms with Crippen LogP contribution in [0.3, 0.4) is 0 Å². The third kappa shape index (κ3) is 5.19. The van der Waals surface area contributed by atoms with E-state index in [0.29, 0.717) is 12.8 Å². The number of aliphatic hydroxyl groups is 1. The summed E-state index contributed by atoms with van der Waals surface area (Å²) >= 11 is 0. The molecule has 0 aliphatic heterocycles. The van der Waals surface area contributed by atoms with Crippen molar-refractivity contribution in [3.8, 4) is 0 Å². The summed E-state index contributed by atoms with van der Waals surface area (Å²) in [6.07, 6.45) is 3.92. The summed E-state index contributed by atoms with van der Waals surface area (Å²) in [6.45, 7) is -0.0979. The SMILES string of the molecule is COC(=O)NS(=O)(=O)NCC1(O)CCCCCC1. The molecule has 1 fully saturated rings. The van der Waals surface area contributed by atoms with Gasteiger partial charge in [-0.25, -0.2) is 9.52 Å². The maximum atomic E-state index is 11.4. The number of nitrogens with one attached hydrogen (secondary N) is 2. The van der Waals surface area contributed by atoms with E-state index in [-0.39, 0.29) is 6.54 Å². The second-order valence-electron chi connectivity index (χ2n) is 4.56. The van der Waals surface area contributed by atoms with E-state index in [0.717, 1.165) is 32.8 Å². The Morgan fingerprint density at radius 2 is 1.83 bits per heavy atom. The molecule has 18 heavy (non-hydrogen) atoms. The van der Waals surface area contributed by atoms with Gasteiger partial charge in [-0.1, -0.05) is 25.7 Å². The second-order valence-corrected chi connectivity index (χ2v) is 6.06. The first-order valence-corrected chi connectivity index (χ1v) is 7.43.